The predicted octanol–water partition coefficient (Wildman–Crippen LogP) is 4.12. The van der Waals surface area contributed by atoms with Crippen molar-refractivity contribution in [1.82, 2.24) is 5.32 Å². The second kappa shape index (κ2) is 6.07. The van der Waals surface area contributed by atoms with E-state index in [1.165, 1.54) is 12.1 Å². The molecule has 1 nitrogen and oxygen atoms in total. The van der Waals surface area contributed by atoms with Gasteiger partial charge < -0.3 is 5.32 Å². The van der Waals surface area contributed by atoms with Crippen LogP contribution in [0.15, 0.2) is 35.0 Å². The third-order valence-corrected chi connectivity index (χ3v) is 3.39. The molecule has 2 rings (SSSR count). The first-order valence-electron chi connectivity index (χ1n) is 5.92. The Morgan fingerprint density at radius 3 is 2.44 bits per heavy atom. The highest BCUT2D eigenvalue weighted by atomic mass is 32.1. The monoisotopic (exact) mass is 267 g/mol. The van der Waals surface area contributed by atoms with E-state index in [1.807, 2.05) is 16.8 Å². The van der Waals surface area contributed by atoms with Gasteiger partial charge in [0.25, 0.3) is 0 Å². The van der Waals surface area contributed by atoms with Crippen LogP contribution in [0.4, 0.5) is 8.78 Å². The molecule has 0 saturated heterocycles. The summed E-state index contributed by atoms with van der Waals surface area (Å²) >= 11 is 1.58. The minimum absolute atomic E-state index is 0.151. The molecule has 18 heavy (non-hydrogen) atoms. The van der Waals surface area contributed by atoms with E-state index in [1.54, 1.807) is 11.3 Å². The van der Waals surface area contributed by atoms with Crippen LogP contribution in [0, 0.1) is 11.6 Å². The molecule has 0 spiro atoms. The maximum absolute atomic E-state index is 13.3. The van der Waals surface area contributed by atoms with Gasteiger partial charge in [0.05, 0.1) is 6.04 Å². The SMILES string of the molecule is CCCNC(c1ccsc1)c1cc(F)cc(F)c1. The number of nitrogens with one attached hydrogen (secondary N) is 1. The fourth-order valence-electron chi connectivity index (χ4n) is 1.90. The quantitative estimate of drug-likeness (QED) is 0.859. The van der Waals surface area contributed by atoms with Crippen molar-refractivity contribution in [2.24, 2.45) is 0 Å². The topological polar surface area (TPSA) is 12.0 Å². The molecule has 1 heterocycles. The lowest BCUT2D eigenvalue weighted by molar-refractivity contribution is 0.559. The molecule has 1 N–H and O–H groups in total. The first kappa shape index (κ1) is 13.2. The second-order valence-electron chi connectivity index (χ2n) is 4.15. The molecule has 1 atom stereocenters. The Morgan fingerprint density at radius 2 is 1.89 bits per heavy atom. The summed E-state index contributed by atoms with van der Waals surface area (Å²) in [5.41, 5.74) is 1.66. The molecule has 0 radical (unpaired) electrons. The molecule has 0 amide bonds. The molecule has 0 aliphatic carbocycles. The molecule has 0 aliphatic rings. The maximum Gasteiger partial charge on any atom is 0.126 e. The smallest absolute Gasteiger partial charge is 0.126 e. The van der Waals surface area contributed by atoms with Crippen LogP contribution in [0.3, 0.4) is 0 Å². The van der Waals surface area contributed by atoms with E-state index in [9.17, 15) is 8.78 Å². The van der Waals surface area contributed by atoms with Gasteiger partial charge in [-0.2, -0.15) is 11.3 Å². The first-order chi connectivity index (χ1) is 8.70. The van der Waals surface area contributed by atoms with E-state index >= 15 is 0 Å². The largest absolute Gasteiger partial charge is 0.306 e. The third-order valence-electron chi connectivity index (χ3n) is 2.69. The van der Waals surface area contributed by atoms with Crippen LogP contribution in [0.25, 0.3) is 0 Å². The summed E-state index contributed by atoms with van der Waals surface area (Å²) in [6.45, 7) is 2.86. The summed E-state index contributed by atoms with van der Waals surface area (Å²) in [6.07, 6.45) is 0.971. The van der Waals surface area contributed by atoms with Crippen LogP contribution in [0.2, 0.25) is 0 Å². The molecule has 96 valence electrons. The molecule has 2 aromatic rings. The minimum atomic E-state index is -0.538. The molecular formula is C14H15F2NS. The molecule has 4 heteroatoms. The Labute approximate surface area is 109 Å². The van der Waals surface area contributed by atoms with Crippen molar-refractivity contribution in [1.29, 1.82) is 0 Å². The van der Waals surface area contributed by atoms with Crippen LogP contribution in [-0.4, -0.2) is 6.54 Å². The van der Waals surface area contributed by atoms with Crippen molar-refractivity contribution >= 4 is 11.3 Å². The normalized spacial score (nSPS) is 12.6. The minimum Gasteiger partial charge on any atom is -0.306 e. The zero-order valence-corrected chi connectivity index (χ0v) is 10.9. The maximum atomic E-state index is 13.3. The van der Waals surface area contributed by atoms with Gasteiger partial charge >= 0.3 is 0 Å². The molecule has 0 fully saturated rings. The van der Waals surface area contributed by atoms with Crippen molar-refractivity contribution < 1.29 is 8.78 Å². The van der Waals surface area contributed by atoms with E-state index in [4.69, 9.17) is 0 Å². The fraction of sp³-hybridized carbons (Fsp3) is 0.286. The van der Waals surface area contributed by atoms with Crippen LogP contribution in [-0.2, 0) is 0 Å². The van der Waals surface area contributed by atoms with Crippen LogP contribution in [0.1, 0.15) is 30.5 Å². The highest BCUT2D eigenvalue weighted by Gasteiger charge is 2.15. The van der Waals surface area contributed by atoms with Crippen molar-refractivity contribution in [3.8, 4) is 0 Å². The summed E-state index contributed by atoms with van der Waals surface area (Å²) in [5.74, 6) is -1.08. The lowest BCUT2D eigenvalue weighted by atomic mass is 10.0. The fourth-order valence-corrected chi connectivity index (χ4v) is 2.58. The lowest BCUT2D eigenvalue weighted by Gasteiger charge is -2.18. The highest BCUT2D eigenvalue weighted by molar-refractivity contribution is 7.08. The highest BCUT2D eigenvalue weighted by Crippen LogP contribution is 2.25. The summed E-state index contributed by atoms with van der Waals surface area (Å²) in [4.78, 5) is 0. The van der Waals surface area contributed by atoms with Gasteiger partial charge in [0.1, 0.15) is 11.6 Å². The van der Waals surface area contributed by atoms with Crippen LogP contribution < -0.4 is 5.32 Å². The number of benzene rings is 1. The lowest BCUT2D eigenvalue weighted by Crippen LogP contribution is -2.23. The molecule has 1 aromatic carbocycles. The Hall–Kier alpha value is -1.26. The van der Waals surface area contributed by atoms with Gasteiger partial charge in [0.15, 0.2) is 0 Å². The number of thiophene rings is 1. The van der Waals surface area contributed by atoms with Gasteiger partial charge in [-0.05, 0) is 53.1 Å². The summed E-state index contributed by atoms with van der Waals surface area (Å²) in [5, 5.41) is 7.28. The van der Waals surface area contributed by atoms with Crippen LogP contribution in [0.5, 0.6) is 0 Å². The zero-order valence-electron chi connectivity index (χ0n) is 10.1. The van der Waals surface area contributed by atoms with Crippen molar-refractivity contribution in [2.45, 2.75) is 19.4 Å². The van der Waals surface area contributed by atoms with E-state index in [2.05, 4.69) is 12.2 Å². The Bertz CT molecular complexity index is 476. The molecule has 0 aliphatic heterocycles. The summed E-state index contributed by atoms with van der Waals surface area (Å²) < 4.78 is 26.6. The van der Waals surface area contributed by atoms with Gasteiger partial charge in [-0.3, -0.25) is 0 Å². The van der Waals surface area contributed by atoms with Crippen LogP contribution >= 0.6 is 11.3 Å². The standard InChI is InChI=1S/C14H15F2NS/c1-2-4-17-14(10-3-5-18-9-10)11-6-12(15)8-13(16)7-11/h3,5-9,14,17H,2,4H2,1H3. The number of halogens is 2. The van der Waals surface area contributed by atoms with E-state index in [0.29, 0.717) is 5.56 Å². The van der Waals surface area contributed by atoms with Crippen molar-refractivity contribution in [3.05, 3.63) is 57.8 Å². The second-order valence-corrected chi connectivity index (χ2v) is 4.93. The van der Waals surface area contributed by atoms with E-state index in [-0.39, 0.29) is 6.04 Å². The average molecular weight is 267 g/mol. The Morgan fingerprint density at radius 1 is 1.17 bits per heavy atom. The predicted molar refractivity (Wildman–Crippen MR) is 70.8 cm³/mol. The van der Waals surface area contributed by atoms with E-state index in [0.717, 1.165) is 24.6 Å². The molecule has 0 bridgehead atoms. The number of rotatable bonds is 5. The number of hydrogen-bond acceptors (Lipinski definition) is 2. The zero-order chi connectivity index (χ0) is 13.0. The third kappa shape index (κ3) is 3.15. The summed E-state index contributed by atoms with van der Waals surface area (Å²) in [7, 11) is 0. The van der Waals surface area contributed by atoms with Gasteiger partial charge in [0.2, 0.25) is 0 Å². The molecule has 1 aromatic heterocycles. The molecule has 0 saturated carbocycles. The van der Waals surface area contributed by atoms with E-state index < -0.39 is 11.6 Å². The molecular weight excluding hydrogens is 252 g/mol. The van der Waals surface area contributed by atoms with Gasteiger partial charge in [-0.15, -0.1) is 0 Å². The Balaban J connectivity index is 2.33. The van der Waals surface area contributed by atoms with Crippen molar-refractivity contribution in [2.75, 3.05) is 6.54 Å². The first-order valence-corrected chi connectivity index (χ1v) is 6.86. The Kier molecular flexibility index (Phi) is 4.44. The molecule has 1 unspecified atom stereocenters. The van der Waals surface area contributed by atoms with Crippen molar-refractivity contribution in [3.63, 3.8) is 0 Å². The van der Waals surface area contributed by atoms with Gasteiger partial charge in [-0.1, -0.05) is 6.92 Å². The average Bonchev–Trinajstić information content (AvgIpc) is 2.82. The van der Waals surface area contributed by atoms with Gasteiger partial charge in [0, 0.05) is 6.07 Å². The number of hydrogen-bond donors (Lipinski definition) is 1. The van der Waals surface area contributed by atoms with Gasteiger partial charge in [-0.25, -0.2) is 8.78 Å². The summed E-state index contributed by atoms with van der Waals surface area (Å²) in [6, 6.07) is 5.48.